The number of hydrogen-bond acceptors (Lipinski definition) is 27. The summed E-state index contributed by atoms with van der Waals surface area (Å²) in [5.74, 6) is -1.73. The molecule has 0 amide bonds. The van der Waals surface area contributed by atoms with Crippen LogP contribution in [0.25, 0.3) is 0 Å². The maximum absolute atomic E-state index is 10.4. The fourth-order valence-electron chi connectivity index (χ4n) is 0.576. The van der Waals surface area contributed by atoms with E-state index in [1.807, 2.05) is 0 Å². The van der Waals surface area contributed by atoms with Gasteiger partial charge < -0.3 is 32.9 Å². The minimum Gasteiger partial charge on any atom is -0.773 e. The van der Waals surface area contributed by atoms with Crippen LogP contribution in [0.4, 0.5) is 0 Å². The molecule has 0 aromatic carbocycles. The van der Waals surface area contributed by atoms with E-state index < -0.39 is 91.3 Å². The predicted octanol–water partition coefficient (Wildman–Crippen LogP) is -19.9. The van der Waals surface area contributed by atoms with Crippen molar-refractivity contribution in [2.75, 3.05) is 59.5 Å². The Morgan fingerprint density at radius 3 is 0.944 bits per heavy atom. The molecule has 0 saturated carbocycles. The van der Waals surface area contributed by atoms with Crippen molar-refractivity contribution in [1.29, 1.82) is 0 Å². The summed E-state index contributed by atoms with van der Waals surface area (Å²) in [6, 6.07) is 0. The third kappa shape index (κ3) is 323. The molecule has 0 aromatic heterocycles. The molecule has 44 heteroatoms. The van der Waals surface area contributed by atoms with E-state index in [2.05, 4.69) is 38.6 Å². The standard InChI is InChI=1S/C3H8O5S3.C2H5NO4S2.C2H6O3S2.CH3ClO2S.2CH4O2S.ClHO3S.HNO2.6Na/c1-10(4,5)9-2-3-11(6,7)8;4-3-8-1-2-9(5,6)7;3-7(4,5)2-1-6;1-5(2,3)4;2*1-4(2)3;1-5(2,3)4;2-1-3;;;;;;/h2-3H2,1H3,(H,6,7,8);1-2H2,(H,5,6,7);6H,1-2H2,(H,3,4,5);1H3;2*1H3,(H,2,3);(H,2,3,4);(H,2,3);;;;;;/q;;;;;;;;6*+1/p-6. The Morgan fingerprint density at radius 1 is 0.648 bits per heavy atom. The summed E-state index contributed by atoms with van der Waals surface area (Å²) >= 11 is 0.338. The quantitative estimate of drug-likeness (QED) is 0.0196. The molecule has 25 nitrogen and oxygen atoms in total. The Hall–Kier alpha value is 6.39. The summed E-state index contributed by atoms with van der Waals surface area (Å²) in [6.45, 7) is 0. The molecule has 0 spiro atoms. The average Bonchev–Trinajstić information content (AvgIpc) is 2.68. The number of nitroso groups, excluding NO2 is 1. The van der Waals surface area contributed by atoms with Gasteiger partial charge in [0, 0.05) is 78.7 Å². The van der Waals surface area contributed by atoms with E-state index in [0.29, 0.717) is 22.7 Å². The molecule has 0 heterocycles. The van der Waals surface area contributed by atoms with Gasteiger partial charge in [0.25, 0.3) is 0 Å². The number of hydrogen-bond donors (Lipinski definition) is 2. The van der Waals surface area contributed by atoms with Crippen LogP contribution in [0.1, 0.15) is 0 Å². The van der Waals surface area contributed by atoms with E-state index in [1.165, 1.54) is 0 Å². The van der Waals surface area contributed by atoms with E-state index in [4.69, 9.17) is 40.6 Å². The largest absolute Gasteiger partial charge is 1.00 e. The first-order valence-corrected chi connectivity index (χ1v) is 27.1. The first-order chi connectivity index (χ1) is 20.7. The molecule has 0 bridgehead atoms. The summed E-state index contributed by atoms with van der Waals surface area (Å²) in [6.07, 6.45) is 4.05. The molecule has 2 atom stereocenters. The molecule has 0 aliphatic rings. The Kier molecular flexibility index (Phi) is 109. The summed E-state index contributed by atoms with van der Waals surface area (Å²) in [5.41, 5.74) is 0. The van der Waals surface area contributed by atoms with E-state index in [0.717, 1.165) is 30.4 Å². The topological polar surface area (TPSA) is 456 Å². The van der Waals surface area contributed by atoms with Crippen molar-refractivity contribution in [3.05, 3.63) is 15.0 Å². The van der Waals surface area contributed by atoms with Crippen molar-refractivity contribution in [3.63, 3.8) is 0 Å². The zero-order valence-electron chi connectivity index (χ0n) is 29.9. The summed E-state index contributed by atoms with van der Waals surface area (Å²) in [7, 11) is -14.1. The van der Waals surface area contributed by atoms with Crippen molar-refractivity contribution < 1.29 is 264 Å². The average molecular weight is 1100 g/mol. The van der Waals surface area contributed by atoms with Gasteiger partial charge >= 0.3 is 187 Å². The van der Waals surface area contributed by atoms with E-state index in [9.17, 15) is 60.7 Å². The molecular formula is C10H26Cl2N2Na6O23S11. The van der Waals surface area contributed by atoms with Crippen LogP contribution in [0.15, 0.2) is 9.92 Å². The van der Waals surface area contributed by atoms with Crippen molar-refractivity contribution in [2.45, 2.75) is 0 Å². The molecule has 0 aliphatic carbocycles. The predicted molar refractivity (Wildman–Crippen MR) is 180 cm³/mol. The molecule has 0 aromatic rings. The number of nitrogens with zero attached hydrogens (tertiary/aromatic N) is 2. The molecule has 0 fully saturated rings. The van der Waals surface area contributed by atoms with Crippen LogP contribution in [0.3, 0.4) is 0 Å². The zero-order chi connectivity index (χ0) is 41.2. The van der Waals surface area contributed by atoms with E-state index >= 15 is 0 Å². The van der Waals surface area contributed by atoms with Crippen LogP contribution in [0, 0.1) is 15.0 Å². The maximum Gasteiger partial charge on any atom is 1.00 e. The molecule has 0 radical (unpaired) electrons. The van der Waals surface area contributed by atoms with Crippen LogP contribution in [-0.4, -0.2) is 146 Å². The van der Waals surface area contributed by atoms with Crippen LogP contribution < -0.4 is 177 Å². The zero-order valence-corrected chi connectivity index (χ0v) is 52.4. The molecule has 2 unspecified atom stereocenters. The van der Waals surface area contributed by atoms with Crippen molar-refractivity contribution in [2.24, 2.45) is 9.92 Å². The molecule has 0 saturated heterocycles. The second-order valence-electron chi connectivity index (χ2n) is 5.91. The summed E-state index contributed by atoms with van der Waals surface area (Å²) < 4.78 is 191. The van der Waals surface area contributed by atoms with E-state index in [-0.39, 0.29) is 200 Å². The van der Waals surface area contributed by atoms with Gasteiger partial charge in [-0.15, -0.1) is 10.2 Å². The molecular weight excluding hydrogens is 1080 g/mol. The number of thiol groups is 1. The fraction of sp³-hybridized carbons (Fsp3) is 1.00. The third-order valence-corrected chi connectivity index (χ3v) is 7.68. The van der Waals surface area contributed by atoms with Crippen LogP contribution in [0.2, 0.25) is 0 Å². The smallest absolute Gasteiger partial charge is 0.773 e. The van der Waals surface area contributed by atoms with Gasteiger partial charge in [0.05, 0.1) is 36.6 Å². The van der Waals surface area contributed by atoms with Crippen molar-refractivity contribution in [3.8, 4) is 0 Å². The monoisotopic (exact) mass is 1100 g/mol. The molecule has 0 aliphatic heterocycles. The molecule has 300 valence electrons. The third-order valence-electron chi connectivity index (χ3n) is 1.45. The number of halogens is 2. The van der Waals surface area contributed by atoms with Crippen molar-refractivity contribution >= 4 is 137 Å². The van der Waals surface area contributed by atoms with Gasteiger partial charge in [0.1, 0.15) is 0 Å². The number of rotatable bonds is 10. The van der Waals surface area contributed by atoms with Gasteiger partial charge in [-0.25, -0.2) is 42.1 Å². The van der Waals surface area contributed by atoms with Gasteiger partial charge in [0.2, 0.25) is 9.05 Å². The fourth-order valence-corrected chi connectivity index (χ4v) is 5.57. The van der Waals surface area contributed by atoms with Crippen LogP contribution in [-0.2, 0) is 79.8 Å². The Bertz CT molecular complexity index is 1440. The minimum atomic E-state index is -4.28. The van der Waals surface area contributed by atoms with E-state index in [1.54, 1.807) is 0 Å². The van der Waals surface area contributed by atoms with Gasteiger partial charge in [0.15, 0.2) is 8.87 Å². The van der Waals surface area contributed by atoms with Gasteiger partial charge in [-0.2, -0.15) is 21.0 Å². The SMILES string of the molecule is CS(=O)(=O)Cl.CS(=O)(=O)SCCS(=O)(=O)[O-].CS(=O)[O-].CS(=O)[O-].O=NSCCS(=O)(=O)[O-].O=N[O-].O=S(=O)(O)Cl.O=S(=O)([O-])CCS.[Na+].[Na+].[Na+].[Na+].[Na+].[Na+]. The minimum absolute atomic E-state index is 0. The second kappa shape index (κ2) is 59.4. The second-order valence-corrected chi connectivity index (χ2v) is 23.0. The van der Waals surface area contributed by atoms with Gasteiger partial charge in [-0.3, -0.25) is 13.0 Å². The molecule has 0 rings (SSSR count). The Morgan fingerprint density at radius 2 is 0.833 bits per heavy atom. The van der Waals surface area contributed by atoms with Crippen LogP contribution >= 0.6 is 56.7 Å². The summed E-state index contributed by atoms with van der Waals surface area (Å²) in [5, 5.41) is 9.00. The van der Waals surface area contributed by atoms with Crippen LogP contribution in [0.5, 0.6) is 0 Å². The molecule has 54 heavy (non-hydrogen) atoms. The van der Waals surface area contributed by atoms with Gasteiger partial charge in [-0.05, 0) is 23.3 Å². The first kappa shape index (κ1) is 99.0. The van der Waals surface area contributed by atoms with Gasteiger partial charge in [-0.1, -0.05) is 22.2 Å². The Balaban J connectivity index is -0.0000000287. The maximum atomic E-state index is 10.4. The normalized spacial score (nSPS) is 10.8. The Labute approximate surface area is 475 Å². The summed E-state index contributed by atoms with van der Waals surface area (Å²) in [4.78, 5) is 17.3. The van der Waals surface area contributed by atoms with Crippen molar-refractivity contribution in [1.82, 2.24) is 0 Å². The first-order valence-electron chi connectivity index (χ1n) is 9.45. The molecule has 1 N–H and O–H groups in total.